The van der Waals surface area contributed by atoms with Gasteiger partial charge < -0.3 is 20.1 Å². The van der Waals surface area contributed by atoms with Crippen molar-refractivity contribution in [2.75, 3.05) is 39.5 Å². The van der Waals surface area contributed by atoms with Gasteiger partial charge >= 0.3 is 0 Å². The van der Waals surface area contributed by atoms with Gasteiger partial charge in [-0.1, -0.05) is 17.7 Å². The molecule has 0 heterocycles. The van der Waals surface area contributed by atoms with Gasteiger partial charge in [0.05, 0.1) is 6.61 Å². The second kappa shape index (κ2) is 12.8. The number of nitrogens with one attached hydrogen (secondary N) is 2. The molecule has 0 aliphatic heterocycles. The number of nitrogens with zero attached hydrogens (tertiary/aromatic N) is 1. The summed E-state index contributed by atoms with van der Waals surface area (Å²) in [5.41, 5.74) is 1.24. The fourth-order valence-electron chi connectivity index (χ4n) is 1.95. The van der Waals surface area contributed by atoms with Crippen molar-refractivity contribution in [3.63, 3.8) is 0 Å². The van der Waals surface area contributed by atoms with Crippen LogP contribution in [0, 0.1) is 6.92 Å². The summed E-state index contributed by atoms with van der Waals surface area (Å²) < 4.78 is 11.0. The van der Waals surface area contributed by atoms with Crippen LogP contribution in [0.1, 0.15) is 32.3 Å². The third kappa shape index (κ3) is 9.79. The Balaban J connectivity index is 2.18. The van der Waals surface area contributed by atoms with Crippen LogP contribution in [0.3, 0.4) is 0 Å². The molecule has 0 aliphatic rings. The number of hydrogen-bond acceptors (Lipinski definition) is 3. The van der Waals surface area contributed by atoms with Crippen molar-refractivity contribution in [3.8, 4) is 5.75 Å². The Kier molecular flexibility index (Phi) is 10.7. The summed E-state index contributed by atoms with van der Waals surface area (Å²) in [5.74, 6) is 1.78. The highest BCUT2D eigenvalue weighted by molar-refractivity contribution is 5.79. The van der Waals surface area contributed by atoms with Crippen LogP contribution in [-0.2, 0) is 4.74 Å². The van der Waals surface area contributed by atoms with Crippen LogP contribution >= 0.6 is 0 Å². The fourth-order valence-corrected chi connectivity index (χ4v) is 1.95. The molecule has 1 aromatic carbocycles. The standard InChI is InChI=1S/C18H31N3O2/c1-4-19-18(20-12-6-14-22-5-2)21-13-7-15-23-17-10-8-16(3)9-11-17/h8-11H,4-7,12-15H2,1-3H3,(H2,19,20,21). The van der Waals surface area contributed by atoms with Gasteiger partial charge in [-0.25, -0.2) is 0 Å². The minimum Gasteiger partial charge on any atom is -0.494 e. The van der Waals surface area contributed by atoms with E-state index < -0.39 is 0 Å². The molecule has 23 heavy (non-hydrogen) atoms. The summed E-state index contributed by atoms with van der Waals surface area (Å²) in [5, 5.41) is 6.56. The zero-order valence-corrected chi connectivity index (χ0v) is 14.7. The molecule has 0 fully saturated rings. The Labute approximate surface area is 140 Å². The first-order valence-electron chi connectivity index (χ1n) is 8.55. The van der Waals surface area contributed by atoms with Gasteiger partial charge in [0.2, 0.25) is 0 Å². The number of guanidine groups is 1. The molecule has 5 heteroatoms. The summed E-state index contributed by atoms with van der Waals surface area (Å²) >= 11 is 0. The molecular weight excluding hydrogens is 290 g/mol. The van der Waals surface area contributed by atoms with E-state index in [-0.39, 0.29) is 0 Å². The lowest BCUT2D eigenvalue weighted by Crippen LogP contribution is -2.38. The third-order valence-electron chi connectivity index (χ3n) is 3.17. The zero-order valence-electron chi connectivity index (χ0n) is 14.7. The van der Waals surface area contributed by atoms with Crippen molar-refractivity contribution < 1.29 is 9.47 Å². The molecule has 0 saturated heterocycles. The first-order chi connectivity index (χ1) is 11.3. The van der Waals surface area contributed by atoms with E-state index in [1.807, 2.05) is 19.1 Å². The molecule has 0 saturated carbocycles. The second-order valence-corrected chi connectivity index (χ2v) is 5.25. The average molecular weight is 321 g/mol. The van der Waals surface area contributed by atoms with E-state index in [4.69, 9.17) is 9.47 Å². The van der Waals surface area contributed by atoms with E-state index in [1.165, 1.54) is 5.56 Å². The first-order valence-corrected chi connectivity index (χ1v) is 8.55. The molecule has 0 amide bonds. The van der Waals surface area contributed by atoms with E-state index in [0.717, 1.165) is 57.4 Å². The Bertz CT molecular complexity index is 432. The number of benzene rings is 1. The van der Waals surface area contributed by atoms with Crippen molar-refractivity contribution in [1.82, 2.24) is 10.6 Å². The molecule has 0 atom stereocenters. The normalized spacial score (nSPS) is 11.3. The highest BCUT2D eigenvalue weighted by Crippen LogP contribution is 2.11. The van der Waals surface area contributed by atoms with Gasteiger partial charge in [-0.15, -0.1) is 0 Å². The van der Waals surface area contributed by atoms with Crippen molar-refractivity contribution >= 4 is 5.96 Å². The molecule has 0 radical (unpaired) electrons. The van der Waals surface area contributed by atoms with E-state index in [9.17, 15) is 0 Å². The fraction of sp³-hybridized carbons (Fsp3) is 0.611. The van der Waals surface area contributed by atoms with Gasteiger partial charge in [-0.3, -0.25) is 4.99 Å². The number of hydrogen-bond donors (Lipinski definition) is 2. The van der Waals surface area contributed by atoms with E-state index in [1.54, 1.807) is 0 Å². The van der Waals surface area contributed by atoms with Crippen molar-refractivity contribution in [3.05, 3.63) is 29.8 Å². The monoisotopic (exact) mass is 321 g/mol. The molecule has 0 aliphatic carbocycles. The third-order valence-corrected chi connectivity index (χ3v) is 3.17. The Morgan fingerprint density at radius 1 is 1.04 bits per heavy atom. The van der Waals surface area contributed by atoms with Gasteiger partial charge in [0.1, 0.15) is 5.75 Å². The summed E-state index contributed by atoms with van der Waals surface area (Å²) in [6.45, 7) is 10.9. The maximum absolute atomic E-state index is 5.70. The largest absolute Gasteiger partial charge is 0.494 e. The van der Waals surface area contributed by atoms with Crippen LogP contribution in [0.25, 0.3) is 0 Å². The van der Waals surface area contributed by atoms with Crippen LogP contribution in [0.15, 0.2) is 29.3 Å². The minimum atomic E-state index is 0.677. The van der Waals surface area contributed by atoms with Gasteiger partial charge in [0, 0.05) is 39.3 Å². The maximum atomic E-state index is 5.70. The van der Waals surface area contributed by atoms with E-state index in [2.05, 4.69) is 41.6 Å². The molecule has 0 unspecified atom stereocenters. The summed E-state index contributed by atoms with van der Waals surface area (Å²) in [4.78, 5) is 4.55. The summed E-state index contributed by atoms with van der Waals surface area (Å²) in [6, 6.07) is 8.12. The molecule has 1 aromatic rings. The first kappa shape index (κ1) is 19.3. The predicted octanol–water partition coefficient (Wildman–Crippen LogP) is 2.75. The van der Waals surface area contributed by atoms with Crippen LogP contribution in [0.5, 0.6) is 5.75 Å². The van der Waals surface area contributed by atoms with Crippen LogP contribution in [0.2, 0.25) is 0 Å². The summed E-state index contributed by atoms with van der Waals surface area (Å²) in [7, 11) is 0. The Hall–Kier alpha value is -1.75. The number of aryl methyl sites for hydroxylation is 1. The topological polar surface area (TPSA) is 54.9 Å². The highest BCUT2D eigenvalue weighted by Gasteiger charge is 1.97. The van der Waals surface area contributed by atoms with Gasteiger partial charge in [0.25, 0.3) is 0 Å². The number of ether oxygens (including phenoxy) is 2. The van der Waals surface area contributed by atoms with Crippen LogP contribution < -0.4 is 15.4 Å². The average Bonchev–Trinajstić information content (AvgIpc) is 2.56. The highest BCUT2D eigenvalue weighted by atomic mass is 16.5. The number of aliphatic imine (C=N–C) groups is 1. The predicted molar refractivity (Wildman–Crippen MR) is 96.4 cm³/mol. The minimum absolute atomic E-state index is 0.677. The maximum Gasteiger partial charge on any atom is 0.191 e. The molecule has 130 valence electrons. The Morgan fingerprint density at radius 3 is 2.52 bits per heavy atom. The van der Waals surface area contributed by atoms with E-state index in [0.29, 0.717) is 6.61 Å². The lowest BCUT2D eigenvalue weighted by atomic mass is 10.2. The smallest absolute Gasteiger partial charge is 0.191 e. The lowest BCUT2D eigenvalue weighted by molar-refractivity contribution is 0.145. The number of rotatable bonds is 11. The van der Waals surface area contributed by atoms with Gasteiger partial charge in [-0.05, 0) is 39.3 Å². The SMILES string of the molecule is CCNC(=NCCCOc1ccc(C)cc1)NCCCOCC. The molecule has 0 aromatic heterocycles. The van der Waals surface area contributed by atoms with Crippen LogP contribution in [-0.4, -0.2) is 45.4 Å². The molecule has 0 bridgehead atoms. The molecule has 2 N–H and O–H groups in total. The Morgan fingerprint density at radius 2 is 1.83 bits per heavy atom. The van der Waals surface area contributed by atoms with Gasteiger partial charge in [0.15, 0.2) is 5.96 Å². The van der Waals surface area contributed by atoms with Crippen molar-refractivity contribution in [2.24, 2.45) is 4.99 Å². The molecular formula is C18H31N3O2. The van der Waals surface area contributed by atoms with Crippen LogP contribution in [0.4, 0.5) is 0 Å². The lowest BCUT2D eigenvalue weighted by Gasteiger charge is -2.11. The van der Waals surface area contributed by atoms with Gasteiger partial charge in [-0.2, -0.15) is 0 Å². The molecule has 1 rings (SSSR count). The van der Waals surface area contributed by atoms with Crippen molar-refractivity contribution in [1.29, 1.82) is 0 Å². The molecule has 5 nitrogen and oxygen atoms in total. The molecule has 0 spiro atoms. The van der Waals surface area contributed by atoms with Crippen molar-refractivity contribution in [2.45, 2.75) is 33.6 Å². The quantitative estimate of drug-likeness (QED) is 0.374. The second-order valence-electron chi connectivity index (χ2n) is 5.25. The zero-order chi connectivity index (χ0) is 16.8. The van der Waals surface area contributed by atoms with E-state index >= 15 is 0 Å². The summed E-state index contributed by atoms with van der Waals surface area (Å²) in [6.07, 6.45) is 1.87.